The van der Waals surface area contributed by atoms with Gasteiger partial charge >= 0.3 is 0 Å². The third-order valence-corrected chi connectivity index (χ3v) is 4.60. The number of piperidine rings is 1. The fraction of sp³-hybridized carbons (Fsp3) is 0.643. The summed E-state index contributed by atoms with van der Waals surface area (Å²) in [6.45, 7) is 2.45. The lowest BCUT2D eigenvalue weighted by Gasteiger charge is -2.21. The van der Waals surface area contributed by atoms with Crippen LogP contribution >= 0.6 is 11.8 Å². The molecule has 1 aromatic rings. The molecular formula is C14H22N2S. The van der Waals surface area contributed by atoms with E-state index in [1.807, 2.05) is 12.4 Å². The summed E-state index contributed by atoms with van der Waals surface area (Å²) < 4.78 is 0. The molecule has 0 saturated carbocycles. The first kappa shape index (κ1) is 12.9. The van der Waals surface area contributed by atoms with Gasteiger partial charge < -0.3 is 5.32 Å². The van der Waals surface area contributed by atoms with Crippen LogP contribution in [0.5, 0.6) is 0 Å². The van der Waals surface area contributed by atoms with E-state index in [9.17, 15) is 0 Å². The van der Waals surface area contributed by atoms with E-state index in [0.29, 0.717) is 0 Å². The van der Waals surface area contributed by atoms with E-state index >= 15 is 0 Å². The van der Waals surface area contributed by atoms with Gasteiger partial charge in [-0.2, -0.15) is 11.8 Å². The molecule has 1 aromatic heterocycles. The molecule has 1 aliphatic rings. The second kappa shape index (κ2) is 7.72. The molecule has 1 saturated heterocycles. The molecule has 0 bridgehead atoms. The molecule has 0 radical (unpaired) electrons. The Labute approximate surface area is 109 Å². The number of hydrogen-bond donors (Lipinski definition) is 1. The molecule has 0 aliphatic carbocycles. The predicted octanol–water partition coefficient (Wildman–Crippen LogP) is 2.75. The van der Waals surface area contributed by atoms with Crippen LogP contribution in [0, 0.1) is 5.92 Å². The van der Waals surface area contributed by atoms with Crippen molar-refractivity contribution in [2.24, 2.45) is 5.92 Å². The van der Waals surface area contributed by atoms with Crippen LogP contribution < -0.4 is 5.32 Å². The van der Waals surface area contributed by atoms with E-state index < -0.39 is 0 Å². The van der Waals surface area contributed by atoms with Crippen LogP contribution in [0.4, 0.5) is 0 Å². The molecular weight excluding hydrogens is 228 g/mol. The molecule has 94 valence electrons. The first-order chi connectivity index (χ1) is 8.45. The fourth-order valence-corrected chi connectivity index (χ4v) is 3.41. The van der Waals surface area contributed by atoms with Crippen molar-refractivity contribution < 1.29 is 0 Å². The third-order valence-electron chi connectivity index (χ3n) is 3.32. The Hall–Kier alpha value is -0.540. The van der Waals surface area contributed by atoms with Gasteiger partial charge in [-0.25, -0.2) is 0 Å². The van der Waals surface area contributed by atoms with Gasteiger partial charge in [0, 0.05) is 12.4 Å². The molecule has 0 atom stereocenters. The number of aryl methyl sites for hydroxylation is 1. The molecule has 2 rings (SSSR count). The van der Waals surface area contributed by atoms with Crippen LogP contribution in [0.2, 0.25) is 0 Å². The first-order valence-corrected chi connectivity index (χ1v) is 7.78. The van der Waals surface area contributed by atoms with Crippen LogP contribution in [-0.2, 0) is 6.42 Å². The molecule has 1 aliphatic heterocycles. The highest BCUT2D eigenvalue weighted by atomic mass is 32.2. The van der Waals surface area contributed by atoms with Crippen molar-refractivity contribution >= 4 is 11.8 Å². The Morgan fingerprint density at radius 2 is 2.00 bits per heavy atom. The van der Waals surface area contributed by atoms with Gasteiger partial charge in [0.2, 0.25) is 0 Å². The van der Waals surface area contributed by atoms with Gasteiger partial charge in [-0.05, 0) is 73.9 Å². The average Bonchev–Trinajstić information content (AvgIpc) is 2.41. The zero-order chi connectivity index (χ0) is 11.8. The lowest BCUT2D eigenvalue weighted by atomic mass is 10.0. The number of rotatable bonds is 6. The van der Waals surface area contributed by atoms with E-state index in [1.165, 1.54) is 55.8 Å². The van der Waals surface area contributed by atoms with Crippen molar-refractivity contribution in [1.82, 2.24) is 10.3 Å². The molecule has 17 heavy (non-hydrogen) atoms. The maximum absolute atomic E-state index is 4.04. The number of pyridine rings is 1. The zero-order valence-corrected chi connectivity index (χ0v) is 11.2. The van der Waals surface area contributed by atoms with Crippen LogP contribution in [-0.4, -0.2) is 29.6 Å². The lowest BCUT2D eigenvalue weighted by Crippen LogP contribution is -2.28. The highest BCUT2D eigenvalue weighted by Crippen LogP contribution is 2.18. The van der Waals surface area contributed by atoms with Crippen molar-refractivity contribution in [2.45, 2.75) is 25.7 Å². The monoisotopic (exact) mass is 250 g/mol. The molecule has 0 spiro atoms. The highest BCUT2D eigenvalue weighted by Gasteiger charge is 2.12. The molecule has 2 heterocycles. The Bertz CT molecular complexity index is 296. The molecule has 0 unspecified atom stereocenters. The second-order valence-corrected chi connectivity index (χ2v) is 5.88. The van der Waals surface area contributed by atoms with Crippen molar-refractivity contribution in [3.8, 4) is 0 Å². The largest absolute Gasteiger partial charge is 0.317 e. The summed E-state index contributed by atoms with van der Waals surface area (Å²) in [5.74, 6) is 3.62. The van der Waals surface area contributed by atoms with E-state index in [-0.39, 0.29) is 0 Å². The number of hydrogen-bond acceptors (Lipinski definition) is 3. The summed E-state index contributed by atoms with van der Waals surface area (Å²) in [7, 11) is 0. The van der Waals surface area contributed by atoms with Crippen LogP contribution in [0.1, 0.15) is 24.8 Å². The summed E-state index contributed by atoms with van der Waals surface area (Å²) >= 11 is 2.14. The summed E-state index contributed by atoms with van der Waals surface area (Å²) in [4.78, 5) is 4.04. The van der Waals surface area contributed by atoms with Gasteiger partial charge in [0.05, 0.1) is 0 Å². The maximum Gasteiger partial charge on any atom is 0.0270 e. The molecule has 2 nitrogen and oxygen atoms in total. The van der Waals surface area contributed by atoms with Crippen molar-refractivity contribution in [3.63, 3.8) is 0 Å². The van der Waals surface area contributed by atoms with E-state index in [0.717, 1.165) is 5.92 Å². The standard InChI is InChI=1S/C14H22N2S/c1(2-13-3-7-15-8-4-13)11-17-12-14-5-9-16-10-6-14/h3-4,7-8,14,16H,1-2,5-6,9-12H2. The quantitative estimate of drug-likeness (QED) is 0.786. The van der Waals surface area contributed by atoms with Crippen molar-refractivity contribution in [3.05, 3.63) is 30.1 Å². The number of aromatic nitrogens is 1. The Balaban J connectivity index is 1.51. The summed E-state index contributed by atoms with van der Waals surface area (Å²) in [6, 6.07) is 4.24. The van der Waals surface area contributed by atoms with Gasteiger partial charge in [-0.15, -0.1) is 0 Å². The lowest BCUT2D eigenvalue weighted by molar-refractivity contribution is 0.408. The second-order valence-electron chi connectivity index (χ2n) is 4.73. The first-order valence-electron chi connectivity index (χ1n) is 6.62. The van der Waals surface area contributed by atoms with E-state index in [2.05, 4.69) is 34.2 Å². The number of nitrogens with zero attached hydrogens (tertiary/aromatic N) is 1. The molecule has 3 heteroatoms. The molecule has 0 aromatic carbocycles. The number of thioether (sulfide) groups is 1. The van der Waals surface area contributed by atoms with Crippen LogP contribution in [0.25, 0.3) is 0 Å². The van der Waals surface area contributed by atoms with Crippen LogP contribution in [0.15, 0.2) is 24.5 Å². The SMILES string of the molecule is c1cc(CCCSCC2CCNCC2)ccn1. The van der Waals surface area contributed by atoms with E-state index in [1.54, 1.807) is 0 Å². The fourth-order valence-electron chi connectivity index (χ4n) is 2.23. The molecule has 1 fully saturated rings. The topological polar surface area (TPSA) is 24.9 Å². The Morgan fingerprint density at radius 3 is 2.76 bits per heavy atom. The summed E-state index contributed by atoms with van der Waals surface area (Å²) in [5, 5.41) is 3.42. The Morgan fingerprint density at radius 1 is 1.24 bits per heavy atom. The molecule has 0 amide bonds. The normalized spacial score (nSPS) is 17.2. The van der Waals surface area contributed by atoms with Crippen LogP contribution in [0.3, 0.4) is 0 Å². The summed E-state index contributed by atoms with van der Waals surface area (Å²) in [5.41, 5.74) is 1.42. The minimum atomic E-state index is 0.960. The maximum atomic E-state index is 4.04. The van der Waals surface area contributed by atoms with Crippen molar-refractivity contribution in [1.29, 1.82) is 0 Å². The minimum absolute atomic E-state index is 0.960. The van der Waals surface area contributed by atoms with Gasteiger partial charge in [0.15, 0.2) is 0 Å². The predicted molar refractivity (Wildman–Crippen MR) is 75.5 cm³/mol. The number of nitrogens with one attached hydrogen (secondary N) is 1. The van der Waals surface area contributed by atoms with Gasteiger partial charge in [-0.3, -0.25) is 4.98 Å². The Kier molecular flexibility index (Phi) is 5.86. The smallest absolute Gasteiger partial charge is 0.0270 e. The van der Waals surface area contributed by atoms with Crippen molar-refractivity contribution in [2.75, 3.05) is 24.6 Å². The average molecular weight is 250 g/mol. The summed E-state index contributed by atoms with van der Waals surface area (Å²) in [6.07, 6.45) is 9.01. The molecule has 1 N–H and O–H groups in total. The van der Waals surface area contributed by atoms with Gasteiger partial charge in [0.25, 0.3) is 0 Å². The minimum Gasteiger partial charge on any atom is -0.317 e. The van der Waals surface area contributed by atoms with E-state index in [4.69, 9.17) is 0 Å². The van der Waals surface area contributed by atoms with Gasteiger partial charge in [0.1, 0.15) is 0 Å². The van der Waals surface area contributed by atoms with Gasteiger partial charge in [-0.1, -0.05) is 0 Å². The highest BCUT2D eigenvalue weighted by molar-refractivity contribution is 7.99. The zero-order valence-electron chi connectivity index (χ0n) is 10.4. The third kappa shape index (κ3) is 5.09.